The van der Waals surface area contributed by atoms with Crippen molar-refractivity contribution in [1.29, 1.82) is 0 Å². The van der Waals surface area contributed by atoms with Gasteiger partial charge in [0.2, 0.25) is 0 Å². The van der Waals surface area contributed by atoms with Crippen molar-refractivity contribution in [2.75, 3.05) is 5.43 Å². The number of phenolic OH excluding ortho intramolecular Hbond substituents is 1. The summed E-state index contributed by atoms with van der Waals surface area (Å²) in [5, 5.41) is 22.7. The van der Waals surface area contributed by atoms with E-state index in [0.29, 0.717) is 5.56 Å². The number of phenols is 1. The maximum absolute atomic E-state index is 9.63. The molecule has 0 heterocycles. The summed E-state index contributed by atoms with van der Waals surface area (Å²) in [6.45, 7) is -0.0623. The molecule has 0 bridgehead atoms. The fraction of sp³-hybridized carbons (Fsp3) is 0.0714. The minimum absolute atomic E-state index is 0.0623. The molecule has 0 aromatic heterocycles. The Hall–Kier alpha value is -2.33. The van der Waals surface area contributed by atoms with E-state index in [4.69, 9.17) is 5.11 Å². The molecule has 2 aromatic rings. The van der Waals surface area contributed by atoms with E-state index < -0.39 is 0 Å². The molecule has 0 aliphatic carbocycles. The first-order valence-electron chi connectivity index (χ1n) is 5.56. The van der Waals surface area contributed by atoms with E-state index >= 15 is 0 Å². The van der Waals surface area contributed by atoms with Crippen LogP contribution in [-0.4, -0.2) is 16.4 Å². The van der Waals surface area contributed by atoms with E-state index in [9.17, 15) is 5.11 Å². The van der Waals surface area contributed by atoms with Gasteiger partial charge in [0.1, 0.15) is 5.75 Å². The molecule has 3 N–H and O–H groups in total. The highest BCUT2D eigenvalue weighted by atomic mass is 16.3. The Bertz CT molecular complexity index is 539. The van der Waals surface area contributed by atoms with E-state index in [1.165, 1.54) is 12.3 Å². The maximum atomic E-state index is 9.63. The number of anilines is 1. The molecule has 0 aliphatic heterocycles. The molecule has 0 fully saturated rings. The third kappa shape index (κ3) is 3.09. The van der Waals surface area contributed by atoms with Crippen LogP contribution >= 0.6 is 0 Å². The van der Waals surface area contributed by atoms with Crippen molar-refractivity contribution < 1.29 is 10.2 Å². The molecule has 0 radical (unpaired) electrons. The number of hydrogen-bond donors (Lipinski definition) is 3. The topological polar surface area (TPSA) is 64.8 Å². The first-order chi connectivity index (χ1) is 8.79. The van der Waals surface area contributed by atoms with Crippen LogP contribution in [0, 0.1) is 0 Å². The van der Waals surface area contributed by atoms with Gasteiger partial charge >= 0.3 is 0 Å². The van der Waals surface area contributed by atoms with Crippen LogP contribution in [0.3, 0.4) is 0 Å². The zero-order chi connectivity index (χ0) is 12.8. The monoisotopic (exact) mass is 242 g/mol. The van der Waals surface area contributed by atoms with Crippen molar-refractivity contribution in [3.8, 4) is 5.75 Å². The number of hydrogen-bond acceptors (Lipinski definition) is 4. The van der Waals surface area contributed by atoms with Gasteiger partial charge in [-0.25, -0.2) is 0 Å². The quantitative estimate of drug-likeness (QED) is 0.569. The number of hydrazone groups is 1. The van der Waals surface area contributed by atoms with Crippen molar-refractivity contribution >= 4 is 11.9 Å². The molecule has 18 heavy (non-hydrogen) atoms. The van der Waals surface area contributed by atoms with E-state index in [1.54, 1.807) is 12.1 Å². The largest absolute Gasteiger partial charge is 0.507 e. The number of nitrogens with zero attached hydrogens (tertiary/aromatic N) is 1. The Balaban J connectivity index is 2.09. The highest BCUT2D eigenvalue weighted by Gasteiger charge is 1.99. The van der Waals surface area contributed by atoms with Crippen LogP contribution in [0.2, 0.25) is 0 Å². The standard InChI is InChI=1S/C14H14N2O2/c17-10-11-6-7-14(18)12(8-11)9-15-16-13-4-2-1-3-5-13/h1-9,16-18H,10H2. The molecule has 92 valence electrons. The summed E-state index contributed by atoms with van der Waals surface area (Å²) in [6.07, 6.45) is 1.52. The van der Waals surface area contributed by atoms with Gasteiger partial charge in [0.25, 0.3) is 0 Å². The zero-order valence-corrected chi connectivity index (χ0v) is 9.74. The van der Waals surface area contributed by atoms with Gasteiger partial charge in [-0.2, -0.15) is 5.10 Å². The number of benzene rings is 2. The average molecular weight is 242 g/mol. The van der Waals surface area contributed by atoms with Gasteiger partial charge in [0, 0.05) is 5.56 Å². The molecule has 2 aromatic carbocycles. The number of para-hydroxylation sites is 1. The molecular formula is C14H14N2O2. The SMILES string of the molecule is OCc1ccc(O)c(C=NNc2ccccc2)c1. The lowest BCUT2D eigenvalue weighted by Gasteiger charge is -2.02. The lowest BCUT2D eigenvalue weighted by Crippen LogP contribution is -1.92. The molecule has 0 unspecified atom stereocenters. The van der Waals surface area contributed by atoms with Crippen molar-refractivity contribution in [2.45, 2.75) is 6.61 Å². The number of aliphatic hydroxyl groups is 1. The summed E-state index contributed by atoms with van der Waals surface area (Å²) in [7, 11) is 0. The lowest BCUT2D eigenvalue weighted by molar-refractivity contribution is 0.281. The highest BCUT2D eigenvalue weighted by Crippen LogP contribution is 2.16. The summed E-state index contributed by atoms with van der Waals surface area (Å²) in [4.78, 5) is 0. The molecule has 4 heteroatoms. The van der Waals surface area contributed by atoms with Crippen molar-refractivity contribution in [1.82, 2.24) is 0 Å². The fourth-order valence-electron chi connectivity index (χ4n) is 1.49. The number of aliphatic hydroxyl groups excluding tert-OH is 1. The first kappa shape index (κ1) is 12.1. The summed E-state index contributed by atoms with van der Waals surface area (Å²) < 4.78 is 0. The van der Waals surface area contributed by atoms with Crippen LogP contribution < -0.4 is 5.43 Å². The van der Waals surface area contributed by atoms with Crippen LogP contribution in [0.1, 0.15) is 11.1 Å². The Labute approximate surface area is 105 Å². The molecule has 0 saturated heterocycles. The van der Waals surface area contributed by atoms with E-state index in [2.05, 4.69) is 10.5 Å². The Kier molecular flexibility index (Phi) is 3.94. The van der Waals surface area contributed by atoms with Crippen LogP contribution in [-0.2, 0) is 6.61 Å². The summed E-state index contributed by atoms with van der Waals surface area (Å²) in [5.41, 5.74) is 5.01. The Morgan fingerprint density at radius 1 is 1.11 bits per heavy atom. The van der Waals surface area contributed by atoms with Crippen molar-refractivity contribution in [3.63, 3.8) is 0 Å². The van der Waals surface area contributed by atoms with Gasteiger partial charge in [-0.3, -0.25) is 5.43 Å². The van der Waals surface area contributed by atoms with Gasteiger partial charge in [0.15, 0.2) is 0 Å². The molecule has 2 rings (SSSR count). The third-order valence-corrected chi connectivity index (χ3v) is 2.45. The fourth-order valence-corrected chi connectivity index (χ4v) is 1.49. The van der Waals surface area contributed by atoms with Crippen molar-refractivity contribution in [3.05, 3.63) is 59.7 Å². The minimum atomic E-state index is -0.0623. The van der Waals surface area contributed by atoms with Crippen LogP contribution in [0.4, 0.5) is 5.69 Å². The van der Waals surface area contributed by atoms with Gasteiger partial charge in [-0.15, -0.1) is 0 Å². The molecule has 0 amide bonds. The van der Waals surface area contributed by atoms with Crippen LogP contribution in [0.5, 0.6) is 5.75 Å². The lowest BCUT2D eigenvalue weighted by atomic mass is 10.1. The normalized spacial score (nSPS) is 10.7. The first-order valence-corrected chi connectivity index (χ1v) is 5.56. The molecule has 0 spiro atoms. The Morgan fingerprint density at radius 2 is 1.89 bits per heavy atom. The van der Waals surface area contributed by atoms with E-state index in [-0.39, 0.29) is 12.4 Å². The third-order valence-electron chi connectivity index (χ3n) is 2.45. The number of aromatic hydroxyl groups is 1. The molecule has 0 atom stereocenters. The predicted molar refractivity (Wildman–Crippen MR) is 71.7 cm³/mol. The predicted octanol–water partition coefficient (Wildman–Crippen LogP) is 2.33. The van der Waals surface area contributed by atoms with Crippen molar-refractivity contribution in [2.24, 2.45) is 5.10 Å². The summed E-state index contributed by atoms with van der Waals surface area (Å²) in [6, 6.07) is 14.4. The number of nitrogens with one attached hydrogen (secondary N) is 1. The molecule has 4 nitrogen and oxygen atoms in total. The van der Waals surface area contributed by atoms with Gasteiger partial charge < -0.3 is 10.2 Å². The van der Waals surface area contributed by atoms with Gasteiger partial charge in [-0.1, -0.05) is 24.3 Å². The van der Waals surface area contributed by atoms with Gasteiger partial charge in [0.05, 0.1) is 18.5 Å². The summed E-state index contributed by atoms with van der Waals surface area (Å²) in [5.74, 6) is 0.130. The minimum Gasteiger partial charge on any atom is -0.507 e. The van der Waals surface area contributed by atoms with E-state index in [0.717, 1.165) is 11.3 Å². The van der Waals surface area contributed by atoms with Crippen LogP contribution in [0.25, 0.3) is 0 Å². The maximum Gasteiger partial charge on any atom is 0.124 e. The average Bonchev–Trinajstić information content (AvgIpc) is 2.42. The molecular weight excluding hydrogens is 228 g/mol. The Morgan fingerprint density at radius 3 is 2.61 bits per heavy atom. The number of rotatable bonds is 4. The second-order valence-corrected chi connectivity index (χ2v) is 3.79. The second-order valence-electron chi connectivity index (χ2n) is 3.79. The summed E-state index contributed by atoms with van der Waals surface area (Å²) >= 11 is 0. The van der Waals surface area contributed by atoms with Crippen LogP contribution in [0.15, 0.2) is 53.6 Å². The van der Waals surface area contributed by atoms with Gasteiger partial charge in [-0.05, 0) is 29.8 Å². The smallest absolute Gasteiger partial charge is 0.124 e. The molecule has 0 aliphatic rings. The zero-order valence-electron chi connectivity index (χ0n) is 9.74. The highest BCUT2D eigenvalue weighted by molar-refractivity contribution is 5.84. The second kappa shape index (κ2) is 5.84. The molecule has 0 saturated carbocycles. The van der Waals surface area contributed by atoms with E-state index in [1.807, 2.05) is 30.3 Å².